The van der Waals surface area contributed by atoms with Gasteiger partial charge in [0, 0.05) is 0 Å². The van der Waals surface area contributed by atoms with Gasteiger partial charge in [0.25, 0.3) is 0 Å². The Kier molecular flexibility index (Phi) is 6.83. The van der Waals surface area contributed by atoms with Crippen LogP contribution in [0.3, 0.4) is 0 Å². The maximum absolute atomic E-state index is 12.5. The average Bonchev–Trinajstić information content (AvgIpc) is 2.63. The molecule has 0 saturated heterocycles. The van der Waals surface area contributed by atoms with Crippen LogP contribution in [-0.2, 0) is 9.47 Å². The normalized spacial score (nSPS) is 10.2. The fourth-order valence-electron chi connectivity index (χ4n) is 2.43. The Morgan fingerprint density at radius 1 is 0.880 bits per heavy atom. The summed E-state index contributed by atoms with van der Waals surface area (Å²) < 4.78 is 10.0. The largest absolute Gasteiger partial charge is 0.449 e. The maximum Gasteiger partial charge on any atom is 0.429 e. The van der Waals surface area contributed by atoms with E-state index in [4.69, 9.17) is 9.47 Å². The van der Waals surface area contributed by atoms with Crippen molar-refractivity contribution >= 4 is 12.2 Å². The van der Waals surface area contributed by atoms with Crippen LogP contribution in [-0.4, -0.2) is 30.4 Å². The number of carbonyl (C=O) groups is 2. The van der Waals surface area contributed by atoms with Gasteiger partial charge in [-0.2, -0.15) is 0 Å². The van der Waals surface area contributed by atoms with E-state index in [0.29, 0.717) is 0 Å². The van der Waals surface area contributed by atoms with Crippen LogP contribution in [0.1, 0.15) is 31.0 Å². The fourth-order valence-corrected chi connectivity index (χ4v) is 2.43. The second-order valence-corrected chi connectivity index (χ2v) is 5.13. The molecule has 2 aromatic carbocycles. The van der Waals surface area contributed by atoms with Crippen LogP contribution in [0.25, 0.3) is 0 Å². The summed E-state index contributed by atoms with van der Waals surface area (Å²) in [6.45, 7) is 3.79. The van der Waals surface area contributed by atoms with E-state index in [-0.39, 0.29) is 13.2 Å². The van der Waals surface area contributed by atoms with E-state index in [9.17, 15) is 9.59 Å². The molecule has 2 rings (SSSR count). The molecule has 0 bridgehead atoms. The molecule has 0 heterocycles. The third kappa shape index (κ3) is 4.97. The predicted molar refractivity (Wildman–Crippen MR) is 93.7 cm³/mol. The third-order valence-electron chi connectivity index (χ3n) is 3.44. The first-order chi connectivity index (χ1) is 12.2. The van der Waals surface area contributed by atoms with E-state index in [2.05, 4.69) is 5.43 Å². The number of benzene rings is 2. The molecular formula is C19H22N2O4. The van der Waals surface area contributed by atoms with Crippen LogP contribution in [0.15, 0.2) is 60.7 Å². The van der Waals surface area contributed by atoms with Crippen LogP contribution in [0.5, 0.6) is 0 Å². The van der Waals surface area contributed by atoms with Gasteiger partial charge in [0.1, 0.15) is 6.04 Å². The summed E-state index contributed by atoms with van der Waals surface area (Å²) in [4.78, 5) is 24.5. The summed E-state index contributed by atoms with van der Waals surface area (Å²) in [5, 5.41) is 1.16. The number of rotatable bonds is 5. The second kappa shape index (κ2) is 9.32. The minimum Gasteiger partial charge on any atom is -0.449 e. The zero-order valence-corrected chi connectivity index (χ0v) is 14.3. The van der Waals surface area contributed by atoms with Gasteiger partial charge in [-0.3, -0.25) is 0 Å². The zero-order valence-electron chi connectivity index (χ0n) is 14.3. The first-order valence-electron chi connectivity index (χ1n) is 8.16. The van der Waals surface area contributed by atoms with Crippen molar-refractivity contribution in [3.63, 3.8) is 0 Å². The maximum atomic E-state index is 12.5. The lowest BCUT2D eigenvalue weighted by Crippen LogP contribution is -2.49. The van der Waals surface area contributed by atoms with Crippen molar-refractivity contribution in [3.8, 4) is 0 Å². The van der Waals surface area contributed by atoms with Crippen molar-refractivity contribution in [2.75, 3.05) is 13.2 Å². The first kappa shape index (κ1) is 18.3. The average molecular weight is 342 g/mol. The number of carbonyl (C=O) groups excluding carboxylic acids is 2. The summed E-state index contributed by atoms with van der Waals surface area (Å²) in [6.07, 6.45) is -1.37. The molecule has 0 radical (unpaired) electrons. The predicted octanol–water partition coefficient (Wildman–Crippen LogP) is 3.90. The van der Waals surface area contributed by atoms with Crippen molar-refractivity contribution in [2.24, 2.45) is 0 Å². The Hall–Kier alpha value is -3.02. The molecule has 1 N–H and O–H groups in total. The molecule has 25 heavy (non-hydrogen) atoms. The summed E-state index contributed by atoms with van der Waals surface area (Å²) in [7, 11) is 0. The number of hydrazine groups is 1. The number of hydrogen-bond donors (Lipinski definition) is 1. The molecule has 0 unspecified atom stereocenters. The summed E-state index contributed by atoms with van der Waals surface area (Å²) >= 11 is 0. The molecule has 0 fully saturated rings. The van der Waals surface area contributed by atoms with Gasteiger partial charge in [0.15, 0.2) is 0 Å². The lowest BCUT2D eigenvalue weighted by atomic mass is 9.98. The molecule has 6 heteroatoms. The minimum absolute atomic E-state index is 0.191. The Labute approximate surface area is 147 Å². The molecule has 2 aromatic rings. The van der Waals surface area contributed by atoms with Crippen molar-refractivity contribution in [3.05, 3.63) is 71.8 Å². The molecular weight excluding hydrogens is 320 g/mol. The van der Waals surface area contributed by atoms with Gasteiger partial charge in [-0.25, -0.2) is 20.0 Å². The van der Waals surface area contributed by atoms with Gasteiger partial charge in [-0.1, -0.05) is 60.7 Å². The van der Waals surface area contributed by atoms with Gasteiger partial charge in [-0.15, -0.1) is 0 Å². The quantitative estimate of drug-likeness (QED) is 0.837. The second-order valence-electron chi connectivity index (χ2n) is 5.13. The lowest BCUT2D eigenvalue weighted by Gasteiger charge is -2.31. The molecule has 6 nitrogen and oxygen atoms in total. The van der Waals surface area contributed by atoms with Gasteiger partial charge in [-0.05, 0) is 25.0 Å². The number of ether oxygens (including phenoxy) is 2. The summed E-state index contributed by atoms with van der Waals surface area (Å²) in [5.74, 6) is 0. The van der Waals surface area contributed by atoms with E-state index in [0.717, 1.165) is 16.1 Å². The zero-order chi connectivity index (χ0) is 18.1. The van der Waals surface area contributed by atoms with E-state index in [1.807, 2.05) is 60.7 Å². The van der Waals surface area contributed by atoms with Crippen LogP contribution >= 0.6 is 0 Å². The molecule has 0 saturated carbocycles. The smallest absolute Gasteiger partial charge is 0.429 e. The van der Waals surface area contributed by atoms with Crippen LogP contribution in [0, 0.1) is 0 Å². The molecule has 0 spiro atoms. The van der Waals surface area contributed by atoms with Crippen LogP contribution < -0.4 is 5.43 Å². The number of nitrogens with zero attached hydrogens (tertiary/aromatic N) is 1. The standard InChI is InChI=1S/C19H22N2O4/c1-3-24-18(22)20-21(19(23)25-4-2)17(15-11-7-5-8-12-15)16-13-9-6-10-14-16/h5-14,17H,3-4H2,1-2H3,(H,20,22). The Balaban J connectivity index is 2.44. The van der Waals surface area contributed by atoms with Gasteiger partial charge in [0.05, 0.1) is 13.2 Å². The molecule has 2 amide bonds. The highest BCUT2D eigenvalue weighted by molar-refractivity contribution is 5.75. The highest BCUT2D eigenvalue weighted by atomic mass is 16.6. The number of nitrogens with one attached hydrogen (secondary N) is 1. The monoisotopic (exact) mass is 342 g/mol. The van der Waals surface area contributed by atoms with Crippen molar-refractivity contribution in [1.29, 1.82) is 0 Å². The van der Waals surface area contributed by atoms with Crippen LogP contribution in [0.2, 0.25) is 0 Å². The first-order valence-corrected chi connectivity index (χ1v) is 8.16. The Morgan fingerprint density at radius 3 is 1.80 bits per heavy atom. The van der Waals surface area contributed by atoms with Gasteiger partial charge >= 0.3 is 12.2 Å². The van der Waals surface area contributed by atoms with Crippen molar-refractivity contribution in [2.45, 2.75) is 19.9 Å². The molecule has 0 aliphatic carbocycles. The molecule has 132 valence electrons. The van der Waals surface area contributed by atoms with Crippen LogP contribution in [0.4, 0.5) is 9.59 Å². The minimum atomic E-state index is -0.715. The van der Waals surface area contributed by atoms with E-state index in [1.165, 1.54) is 0 Å². The summed E-state index contributed by atoms with van der Waals surface area (Å²) in [6, 6.07) is 18.3. The number of amides is 2. The lowest BCUT2D eigenvalue weighted by molar-refractivity contribution is 0.0619. The highest BCUT2D eigenvalue weighted by Gasteiger charge is 2.30. The van der Waals surface area contributed by atoms with Gasteiger partial charge in [0.2, 0.25) is 0 Å². The molecule has 0 atom stereocenters. The van der Waals surface area contributed by atoms with E-state index >= 15 is 0 Å². The fraction of sp³-hybridized carbons (Fsp3) is 0.263. The Morgan fingerprint density at radius 2 is 1.36 bits per heavy atom. The molecule has 0 aromatic heterocycles. The third-order valence-corrected chi connectivity index (χ3v) is 3.44. The topological polar surface area (TPSA) is 67.9 Å². The number of hydrogen-bond acceptors (Lipinski definition) is 4. The van der Waals surface area contributed by atoms with Crippen molar-refractivity contribution < 1.29 is 19.1 Å². The van der Waals surface area contributed by atoms with Gasteiger partial charge < -0.3 is 9.47 Å². The SMILES string of the molecule is CCOC(=O)NN(C(=O)OCC)C(c1ccccc1)c1ccccc1. The summed E-state index contributed by atoms with van der Waals surface area (Å²) in [5.41, 5.74) is 4.16. The Bertz CT molecular complexity index is 637. The van der Waals surface area contributed by atoms with E-state index in [1.54, 1.807) is 13.8 Å². The molecule has 0 aliphatic heterocycles. The van der Waals surface area contributed by atoms with E-state index < -0.39 is 18.2 Å². The highest BCUT2D eigenvalue weighted by Crippen LogP contribution is 2.28. The van der Waals surface area contributed by atoms with Crippen molar-refractivity contribution in [1.82, 2.24) is 10.4 Å². The molecule has 0 aliphatic rings.